The van der Waals surface area contributed by atoms with E-state index in [4.69, 9.17) is 0 Å². The van der Waals surface area contributed by atoms with E-state index in [0.29, 0.717) is 19.4 Å². The van der Waals surface area contributed by atoms with Crippen LogP contribution in [0.1, 0.15) is 38.5 Å². The summed E-state index contributed by atoms with van der Waals surface area (Å²) in [6.45, 7) is 2.02. The van der Waals surface area contributed by atoms with Gasteiger partial charge >= 0.3 is 6.03 Å². The van der Waals surface area contributed by atoms with Crippen LogP contribution in [0.4, 0.5) is 4.79 Å². The predicted octanol–water partition coefficient (Wildman–Crippen LogP) is 0.277. The summed E-state index contributed by atoms with van der Waals surface area (Å²) in [5.41, 5.74) is 0.422. The number of carbonyl (C=O) groups excluding carboxylic acids is 3. The van der Waals surface area contributed by atoms with Gasteiger partial charge in [-0.05, 0) is 25.8 Å². The van der Waals surface area contributed by atoms with Gasteiger partial charge in [0, 0.05) is 13.1 Å². The number of nitrogens with one attached hydrogen (secondary N) is 3. The molecule has 1 saturated heterocycles. The van der Waals surface area contributed by atoms with E-state index in [1.807, 2.05) is 0 Å². The van der Waals surface area contributed by atoms with Crippen molar-refractivity contribution in [3.63, 3.8) is 0 Å². The smallest absolute Gasteiger partial charge is 0.325 e. The van der Waals surface area contributed by atoms with Crippen molar-refractivity contribution in [2.45, 2.75) is 44.1 Å². The van der Waals surface area contributed by atoms with Crippen LogP contribution in [0.15, 0.2) is 11.6 Å². The molecule has 2 heterocycles. The number of rotatable bonds is 4. The minimum absolute atomic E-state index is 0.196. The number of hydrogen-bond acceptors (Lipinski definition) is 4. The summed E-state index contributed by atoms with van der Waals surface area (Å²) in [5.74, 6) is -0.528. The van der Waals surface area contributed by atoms with Crippen LogP contribution in [-0.2, 0) is 9.59 Å². The van der Waals surface area contributed by atoms with Gasteiger partial charge in [0.1, 0.15) is 12.1 Å². The summed E-state index contributed by atoms with van der Waals surface area (Å²) in [7, 11) is 0. The molecule has 0 unspecified atom stereocenters. The highest BCUT2D eigenvalue weighted by Crippen LogP contribution is 2.33. The monoisotopic (exact) mass is 320 g/mol. The summed E-state index contributed by atoms with van der Waals surface area (Å²) in [6, 6.07) is -0.437. The minimum atomic E-state index is -0.757. The first kappa shape index (κ1) is 16.0. The van der Waals surface area contributed by atoms with E-state index in [1.54, 1.807) is 0 Å². The van der Waals surface area contributed by atoms with Crippen LogP contribution in [0.25, 0.3) is 0 Å². The van der Waals surface area contributed by atoms with Crippen molar-refractivity contribution in [2.75, 3.05) is 26.2 Å². The summed E-state index contributed by atoms with van der Waals surface area (Å²) in [5, 5.41) is 8.83. The maximum Gasteiger partial charge on any atom is 0.325 e. The lowest BCUT2D eigenvalue weighted by Crippen LogP contribution is -2.49. The molecule has 2 fully saturated rings. The molecule has 1 aliphatic carbocycles. The number of urea groups is 1. The fourth-order valence-corrected chi connectivity index (χ4v) is 3.56. The molecule has 4 amide bonds. The largest absolute Gasteiger partial charge is 0.351 e. The Hall–Kier alpha value is -1.89. The third-order valence-corrected chi connectivity index (χ3v) is 4.93. The van der Waals surface area contributed by atoms with E-state index in [9.17, 15) is 14.4 Å². The van der Waals surface area contributed by atoms with Crippen LogP contribution >= 0.6 is 0 Å². The van der Waals surface area contributed by atoms with Gasteiger partial charge in [-0.2, -0.15) is 0 Å². The van der Waals surface area contributed by atoms with Crippen LogP contribution < -0.4 is 16.0 Å². The SMILES string of the molecule is O=C(CN1C(=O)NC2(CCCCC2)C1=O)NCC1=CCNCC1. The van der Waals surface area contributed by atoms with E-state index in [-0.39, 0.29) is 18.4 Å². The molecule has 0 aromatic heterocycles. The van der Waals surface area contributed by atoms with Crippen molar-refractivity contribution in [2.24, 2.45) is 0 Å². The fourth-order valence-electron chi connectivity index (χ4n) is 3.56. The van der Waals surface area contributed by atoms with Crippen LogP contribution in [0.2, 0.25) is 0 Å². The third kappa shape index (κ3) is 3.39. The lowest BCUT2D eigenvalue weighted by Gasteiger charge is -2.30. The Bertz CT molecular complexity index is 537. The Morgan fingerprint density at radius 1 is 1.26 bits per heavy atom. The van der Waals surface area contributed by atoms with Gasteiger partial charge in [0.15, 0.2) is 0 Å². The standard InChI is InChI=1S/C16H24N4O3/c21-13(18-10-12-4-8-17-9-5-12)11-20-14(22)16(19-15(20)23)6-2-1-3-7-16/h4,17H,1-3,5-11H2,(H,18,21)(H,19,23). The average molecular weight is 320 g/mol. The van der Waals surface area contributed by atoms with Gasteiger partial charge in [-0.3, -0.25) is 14.5 Å². The Labute approximate surface area is 135 Å². The second-order valence-corrected chi connectivity index (χ2v) is 6.56. The number of hydrogen-bond donors (Lipinski definition) is 3. The first-order chi connectivity index (χ1) is 11.1. The van der Waals surface area contributed by atoms with Crippen molar-refractivity contribution in [1.29, 1.82) is 0 Å². The van der Waals surface area contributed by atoms with E-state index < -0.39 is 11.6 Å². The molecule has 0 radical (unpaired) electrons. The van der Waals surface area contributed by atoms with Gasteiger partial charge in [-0.25, -0.2) is 4.79 Å². The van der Waals surface area contributed by atoms with Gasteiger partial charge in [0.25, 0.3) is 5.91 Å². The van der Waals surface area contributed by atoms with E-state index in [2.05, 4.69) is 22.0 Å². The first-order valence-corrected chi connectivity index (χ1v) is 8.40. The Morgan fingerprint density at radius 2 is 2.04 bits per heavy atom. The second kappa shape index (κ2) is 6.70. The maximum atomic E-state index is 12.6. The first-order valence-electron chi connectivity index (χ1n) is 8.40. The summed E-state index contributed by atoms with van der Waals surface area (Å²) < 4.78 is 0. The van der Waals surface area contributed by atoms with E-state index >= 15 is 0 Å². The molecule has 0 atom stereocenters. The normalized spacial score (nSPS) is 23.7. The number of amides is 4. The molecule has 0 aromatic carbocycles. The van der Waals surface area contributed by atoms with E-state index in [0.717, 1.165) is 43.7 Å². The molecular formula is C16H24N4O3. The summed E-state index contributed by atoms with van der Waals surface area (Å²) in [4.78, 5) is 37.8. The molecule has 1 spiro atoms. The summed E-state index contributed by atoms with van der Waals surface area (Å²) in [6.07, 6.45) is 7.30. The van der Waals surface area contributed by atoms with Crippen LogP contribution in [-0.4, -0.2) is 54.5 Å². The zero-order valence-corrected chi connectivity index (χ0v) is 13.3. The molecule has 7 heteroatoms. The Kier molecular flexibility index (Phi) is 4.66. The quantitative estimate of drug-likeness (QED) is 0.512. The molecule has 3 N–H and O–H groups in total. The lowest BCUT2D eigenvalue weighted by molar-refractivity contribution is -0.135. The topological polar surface area (TPSA) is 90.5 Å². The number of nitrogens with zero attached hydrogens (tertiary/aromatic N) is 1. The van der Waals surface area contributed by atoms with Crippen molar-refractivity contribution in [1.82, 2.24) is 20.9 Å². The molecule has 126 valence electrons. The second-order valence-electron chi connectivity index (χ2n) is 6.56. The van der Waals surface area contributed by atoms with Crippen LogP contribution in [0, 0.1) is 0 Å². The van der Waals surface area contributed by atoms with E-state index in [1.165, 1.54) is 5.57 Å². The van der Waals surface area contributed by atoms with Gasteiger partial charge in [0.05, 0.1) is 0 Å². The fraction of sp³-hybridized carbons (Fsp3) is 0.688. The molecule has 3 aliphatic rings. The highest BCUT2D eigenvalue weighted by Gasteiger charge is 2.51. The average Bonchev–Trinajstić information content (AvgIpc) is 2.79. The highest BCUT2D eigenvalue weighted by molar-refractivity contribution is 6.09. The van der Waals surface area contributed by atoms with Gasteiger partial charge < -0.3 is 16.0 Å². The van der Waals surface area contributed by atoms with Crippen LogP contribution in [0.3, 0.4) is 0 Å². The Morgan fingerprint density at radius 3 is 2.74 bits per heavy atom. The Balaban J connectivity index is 1.54. The maximum absolute atomic E-state index is 12.6. The van der Waals surface area contributed by atoms with Crippen LogP contribution in [0.5, 0.6) is 0 Å². The minimum Gasteiger partial charge on any atom is -0.351 e. The molecular weight excluding hydrogens is 296 g/mol. The van der Waals surface area contributed by atoms with Gasteiger partial charge in [0.2, 0.25) is 5.91 Å². The highest BCUT2D eigenvalue weighted by atomic mass is 16.2. The number of carbonyl (C=O) groups is 3. The zero-order chi connectivity index (χ0) is 16.3. The zero-order valence-electron chi connectivity index (χ0n) is 13.3. The molecule has 23 heavy (non-hydrogen) atoms. The molecule has 7 nitrogen and oxygen atoms in total. The number of imide groups is 1. The molecule has 1 saturated carbocycles. The molecule has 2 aliphatic heterocycles. The lowest BCUT2D eigenvalue weighted by atomic mass is 9.82. The third-order valence-electron chi connectivity index (χ3n) is 4.93. The summed E-state index contributed by atoms with van der Waals surface area (Å²) >= 11 is 0. The van der Waals surface area contributed by atoms with Crippen molar-refractivity contribution >= 4 is 17.8 Å². The van der Waals surface area contributed by atoms with Crippen molar-refractivity contribution < 1.29 is 14.4 Å². The van der Waals surface area contributed by atoms with Gasteiger partial charge in [-0.15, -0.1) is 0 Å². The predicted molar refractivity (Wildman–Crippen MR) is 84.6 cm³/mol. The van der Waals surface area contributed by atoms with Gasteiger partial charge in [-0.1, -0.05) is 30.9 Å². The molecule has 0 bridgehead atoms. The molecule has 0 aromatic rings. The van der Waals surface area contributed by atoms with Crippen molar-refractivity contribution in [3.8, 4) is 0 Å². The van der Waals surface area contributed by atoms with Crippen molar-refractivity contribution in [3.05, 3.63) is 11.6 Å². The molecule has 3 rings (SSSR count).